The largest absolute Gasteiger partial charge is 0.278 e. The molecule has 0 fully saturated rings. The molecule has 0 atom stereocenters. The van der Waals surface area contributed by atoms with Gasteiger partial charge < -0.3 is 0 Å². The summed E-state index contributed by atoms with van der Waals surface area (Å²) in [5.74, 6) is 1.15. The minimum atomic E-state index is 0.550. The first-order valence-electron chi connectivity index (χ1n) is 14.1. The molecule has 9 aromatic rings. The molecule has 44 heavy (non-hydrogen) atoms. The Morgan fingerprint density at radius 3 is 1.70 bits per heavy atom. The minimum Gasteiger partial charge on any atom is -0.278 e. The van der Waals surface area contributed by atoms with Crippen molar-refractivity contribution in [2.24, 2.45) is 0 Å². The van der Waals surface area contributed by atoms with E-state index in [1.807, 2.05) is 16.7 Å². The van der Waals surface area contributed by atoms with Gasteiger partial charge in [-0.3, -0.25) is 9.13 Å². The molecular weight excluding hydrogens is 544 g/mol. The molecule has 0 saturated carbocycles. The predicted octanol–water partition coefficient (Wildman–Crippen LogP) is 7.19. The monoisotopic (exact) mass is 564 g/mol. The van der Waals surface area contributed by atoms with Crippen LogP contribution in [0.15, 0.2) is 122 Å². The standard InChI is InChI=1S/C36H20N8/c1-2-8-26(24-14-16-34-30(18-24)28-10-4-6-12-32(28)44(34)36-41-21-38-22-42-36)25(7-1)23-13-15-33-29(17-23)27-9-3-5-11-31(27)43(33)35-39-19-37-20-40-35/h1-5,7-11,13-22H. The lowest BCUT2D eigenvalue weighted by atomic mass is 9.93. The van der Waals surface area contributed by atoms with Crippen LogP contribution in [-0.4, -0.2) is 39.0 Å². The van der Waals surface area contributed by atoms with Crippen LogP contribution in [0.3, 0.4) is 0 Å². The summed E-state index contributed by atoms with van der Waals surface area (Å²) in [6.07, 6.45) is 6.08. The second-order valence-electron chi connectivity index (χ2n) is 10.4. The summed E-state index contributed by atoms with van der Waals surface area (Å²) in [6.45, 7) is 0. The smallest absolute Gasteiger partial charge is 0.238 e. The van der Waals surface area contributed by atoms with Crippen molar-refractivity contribution in [3.05, 3.63) is 135 Å². The first-order chi connectivity index (χ1) is 21.8. The average Bonchev–Trinajstić information content (AvgIpc) is 3.61. The van der Waals surface area contributed by atoms with Gasteiger partial charge in [-0.15, -0.1) is 0 Å². The van der Waals surface area contributed by atoms with E-state index in [-0.39, 0.29) is 0 Å². The van der Waals surface area contributed by atoms with Crippen LogP contribution < -0.4 is 0 Å². The summed E-state index contributed by atoms with van der Waals surface area (Å²) in [7, 11) is 0. The van der Waals surface area contributed by atoms with E-state index in [1.54, 1.807) is 0 Å². The van der Waals surface area contributed by atoms with Gasteiger partial charge in [0.05, 0.1) is 16.6 Å². The second kappa shape index (κ2) is 9.54. The minimum absolute atomic E-state index is 0.550. The summed E-state index contributed by atoms with van der Waals surface area (Å²) in [5, 5.41) is 4.43. The van der Waals surface area contributed by atoms with Crippen LogP contribution in [0.2, 0.25) is 0 Å². The molecule has 0 amide bonds. The van der Waals surface area contributed by atoms with Crippen molar-refractivity contribution in [2.45, 2.75) is 0 Å². The van der Waals surface area contributed by atoms with Crippen LogP contribution in [0.25, 0.3) is 77.8 Å². The molecule has 0 aliphatic rings. The molecule has 0 saturated heterocycles. The van der Waals surface area contributed by atoms with Crippen molar-refractivity contribution in [1.29, 1.82) is 0 Å². The predicted molar refractivity (Wildman–Crippen MR) is 170 cm³/mol. The molecule has 0 aliphatic heterocycles. The van der Waals surface area contributed by atoms with Gasteiger partial charge in [0, 0.05) is 21.5 Å². The van der Waals surface area contributed by atoms with Gasteiger partial charge in [-0.25, -0.2) is 29.9 Å². The lowest BCUT2D eigenvalue weighted by Gasteiger charge is -2.12. The molecule has 4 aromatic heterocycles. The van der Waals surface area contributed by atoms with Gasteiger partial charge in [-0.05, 0) is 70.8 Å². The highest BCUT2D eigenvalue weighted by atomic mass is 15.2. The molecule has 8 nitrogen and oxygen atoms in total. The van der Waals surface area contributed by atoms with E-state index in [2.05, 4.69) is 132 Å². The number of hydrogen-bond acceptors (Lipinski definition) is 6. The molecule has 9 rings (SSSR count). The molecule has 0 spiro atoms. The highest BCUT2D eigenvalue weighted by Gasteiger charge is 2.18. The molecule has 5 aromatic carbocycles. The molecule has 0 aliphatic carbocycles. The fraction of sp³-hybridized carbons (Fsp3) is 0. The van der Waals surface area contributed by atoms with Crippen LogP contribution in [0.1, 0.15) is 0 Å². The Kier molecular flexibility index (Phi) is 5.24. The summed E-state index contributed by atoms with van der Waals surface area (Å²) in [5.41, 5.74) is 8.49. The maximum atomic E-state index is 4.45. The molecule has 4 heterocycles. The van der Waals surface area contributed by atoms with Crippen molar-refractivity contribution in [2.75, 3.05) is 0 Å². The molecule has 0 radical (unpaired) electrons. The van der Waals surface area contributed by atoms with Crippen LogP contribution in [0.4, 0.5) is 0 Å². The normalized spacial score (nSPS) is 11.5. The fourth-order valence-electron chi connectivity index (χ4n) is 6.26. The quantitative estimate of drug-likeness (QED) is 0.225. The molecule has 8 heteroatoms. The van der Waals surface area contributed by atoms with Gasteiger partial charge >= 0.3 is 0 Å². The van der Waals surface area contributed by atoms with Crippen LogP contribution in [0, 0.1) is 12.1 Å². The molecule has 0 unspecified atom stereocenters. The van der Waals surface area contributed by atoms with E-state index in [1.165, 1.54) is 25.3 Å². The van der Waals surface area contributed by atoms with E-state index >= 15 is 0 Å². The number of nitrogens with zero attached hydrogens (tertiary/aromatic N) is 8. The van der Waals surface area contributed by atoms with Crippen LogP contribution >= 0.6 is 0 Å². The Morgan fingerprint density at radius 1 is 0.477 bits per heavy atom. The Bertz CT molecular complexity index is 2320. The lowest BCUT2D eigenvalue weighted by molar-refractivity contribution is 0.939. The topological polar surface area (TPSA) is 87.2 Å². The van der Waals surface area contributed by atoms with Gasteiger partial charge in [-0.2, -0.15) is 0 Å². The van der Waals surface area contributed by atoms with Crippen molar-refractivity contribution in [1.82, 2.24) is 39.0 Å². The summed E-state index contributed by atoms with van der Waals surface area (Å²) < 4.78 is 4.10. The van der Waals surface area contributed by atoms with Gasteiger partial charge in [0.1, 0.15) is 30.8 Å². The number of para-hydroxylation sites is 1. The third kappa shape index (κ3) is 3.60. The first-order valence-corrected chi connectivity index (χ1v) is 14.1. The summed E-state index contributed by atoms with van der Waals surface area (Å²) in [6, 6.07) is 40.4. The third-order valence-corrected chi connectivity index (χ3v) is 8.11. The Labute approximate surface area is 251 Å². The van der Waals surface area contributed by atoms with E-state index in [9.17, 15) is 0 Å². The van der Waals surface area contributed by atoms with Gasteiger partial charge in [0.15, 0.2) is 0 Å². The number of benzene rings is 4. The van der Waals surface area contributed by atoms with E-state index < -0.39 is 0 Å². The maximum absolute atomic E-state index is 4.45. The van der Waals surface area contributed by atoms with E-state index in [0.717, 1.165) is 65.9 Å². The fourth-order valence-corrected chi connectivity index (χ4v) is 6.26. The zero-order valence-electron chi connectivity index (χ0n) is 23.1. The van der Waals surface area contributed by atoms with Gasteiger partial charge in [0.25, 0.3) is 0 Å². The Hall–Kier alpha value is -6.46. The van der Waals surface area contributed by atoms with Crippen molar-refractivity contribution < 1.29 is 0 Å². The van der Waals surface area contributed by atoms with Crippen molar-refractivity contribution in [3.63, 3.8) is 0 Å². The van der Waals surface area contributed by atoms with E-state index in [4.69, 9.17) is 0 Å². The summed E-state index contributed by atoms with van der Waals surface area (Å²) in [4.78, 5) is 25.7. The van der Waals surface area contributed by atoms with Gasteiger partial charge in [-0.1, -0.05) is 60.7 Å². The number of hydrogen-bond donors (Lipinski definition) is 0. The van der Waals surface area contributed by atoms with Gasteiger partial charge in [0.2, 0.25) is 11.9 Å². The molecular formula is C36H20N8. The Morgan fingerprint density at radius 2 is 1.02 bits per heavy atom. The first kappa shape index (κ1) is 24.2. The highest BCUT2D eigenvalue weighted by molar-refractivity contribution is 6.12. The third-order valence-electron chi connectivity index (χ3n) is 8.11. The van der Waals surface area contributed by atoms with Crippen LogP contribution in [0.5, 0.6) is 0 Å². The summed E-state index contributed by atoms with van der Waals surface area (Å²) >= 11 is 0. The molecule has 204 valence electrons. The zero-order chi connectivity index (χ0) is 29.0. The SMILES string of the molecule is c1ccc2c3cc(-c4ccccc4-c4ccc5c(c4)c4ccccc4n5-c4ncncn4)ccc3n(-c3ncncn3)c2c#1. The number of fused-ring (bicyclic) bond motifs is 6. The van der Waals surface area contributed by atoms with Crippen molar-refractivity contribution >= 4 is 43.6 Å². The lowest BCUT2D eigenvalue weighted by Crippen LogP contribution is -2.00. The Balaban J connectivity index is 1.24. The number of aromatic nitrogens is 8. The average molecular weight is 565 g/mol. The van der Waals surface area contributed by atoms with Crippen molar-refractivity contribution in [3.8, 4) is 34.2 Å². The number of rotatable bonds is 4. The molecule has 0 N–H and O–H groups in total. The van der Waals surface area contributed by atoms with E-state index in [0.29, 0.717) is 11.9 Å². The maximum Gasteiger partial charge on any atom is 0.238 e. The zero-order valence-corrected chi connectivity index (χ0v) is 23.1. The second-order valence-corrected chi connectivity index (χ2v) is 10.4. The molecule has 0 bridgehead atoms. The highest BCUT2D eigenvalue weighted by Crippen LogP contribution is 2.39. The van der Waals surface area contributed by atoms with Crippen LogP contribution in [-0.2, 0) is 0 Å².